The fraction of sp³-hybridized carbons (Fsp3) is 0.500. The second-order valence-electron chi connectivity index (χ2n) is 3.07. The van der Waals surface area contributed by atoms with Gasteiger partial charge in [-0.1, -0.05) is 5.92 Å². The van der Waals surface area contributed by atoms with E-state index in [2.05, 4.69) is 27.7 Å². The van der Waals surface area contributed by atoms with Crippen LogP contribution in [0.25, 0.3) is 0 Å². The van der Waals surface area contributed by atoms with E-state index in [1.54, 1.807) is 0 Å². The van der Waals surface area contributed by atoms with Gasteiger partial charge in [-0.2, -0.15) is 0 Å². The number of nitrogens with one attached hydrogen (secondary N) is 1. The monoisotopic (exact) mass is 177 g/mol. The summed E-state index contributed by atoms with van der Waals surface area (Å²) >= 11 is 0. The summed E-state index contributed by atoms with van der Waals surface area (Å²) in [5.41, 5.74) is 0. The van der Waals surface area contributed by atoms with Gasteiger partial charge in [0.25, 0.3) is 0 Å². The first-order valence-corrected chi connectivity index (χ1v) is 4.39. The van der Waals surface area contributed by atoms with E-state index < -0.39 is 0 Å². The van der Waals surface area contributed by atoms with Crippen LogP contribution >= 0.6 is 0 Å². The highest BCUT2D eigenvalue weighted by atomic mass is 15.1. The Morgan fingerprint density at radius 3 is 3.08 bits per heavy atom. The van der Waals surface area contributed by atoms with Crippen molar-refractivity contribution in [1.29, 1.82) is 0 Å². The minimum Gasteiger partial charge on any atom is -0.331 e. The van der Waals surface area contributed by atoms with Crippen LogP contribution in [-0.4, -0.2) is 22.6 Å². The minimum atomic E-state index is 0.399. The zero-order valence-corrected chi connectivity index (χ0v) is 8.12. The van der Waals surface area contributed by atoms with Gasteiger partial charge in [-0.3, -0.25) is 0 Å². The molecule has 1 aromatic heterocycles. The van der Waals surface area contributed by atoms with Gasteiger partial charge in [0.05, 0.1) is 6.54 Å². The maximum atomic E-state index is 5.13. The zero-order valence-electron chi connectivity index (χ0n) is 8.12. The second kappa shape index (κ2) is 4.68. The molecule has 0 amide bonds. The number of terminal acetylenes is 1. The van der Waals surface area contributed by atoms with Gasteiger partial charge in [0, 0.05) is 25.0 Å². The van der Waals surface area contributed by atoms with Gasteiger partial charge >= 0.3 is 0 Å². The molecule has 0 bridgehead atoms. The predicted octanol–water partition coefficient (Wildman–Crippen LogP) is 0.975. The summed E-state index contributed by atoms with van der Waals surface area (Å²) in [7, 11) is 0. The average molecular weight is 177 g/mol. The van der Waals surface area contributed by atoms with E-state index in [0.29, 0.717) is 12.6 Å². The van der Waals surface area contributed by atoms with Gasteiger partial charge in [-0.05, 0) is 13.8 Å². The molecule has 0 aliphatic rings. The Balaban J connectivity index is 2.45. The van der Waals surface area contributed by atoms with Crippen molar-refractivity contribution in [2.75, 3.05) is 13.1 Å². The summed E-state index contributed by atoms with van der Waals surface area (Å²) in [4.78, 5) is 4.16. The number of aryl methyl sites for hydroxylation is 1. The van der Waals surface area contributed by atoms with E-state index in [4.69, 9.17) is 6.42 Å². The summed E-state index contributed by atoms with van der Waals surface area (Å²) in [6.45, 7) is 5.63. The van der Waals surface area contributed by atoms with Crippen LogP contribution in [0.5, 0.6) is 0 Å². The summed E-state index contributed by atoms with van der Waals surface area (Å²) < 4.78 is 2.13. The van der Waals surface area contributed by atoms with Gasteiger partial charge in [0.15, 0.2) is 0 Å². The number of nitrogens with zero attached hydrogens (tertiary/aromatic N) is 2. The summed E-state index contributed by atoms with van der Waals surface area (Å²) in [5, 5.41) is 3.17. The van der Waals surface area contributed by atoms with Gasteiger partial charge in [0.1, 0.15) is 5.82 Å². The van der Waals surface area contributed by atoms with Crippen LogP contribution in [0.3, 0.4) is 0 Å². The van der Waals surface area contributed by atoms with Crippen molar-refractivity contribution in [2.45, 2.75) is 19.9 Å². The molecule has 1 unspecified atom stereocenters. The Bertz CT molecular complexity index is 295. The molecule has 3 nitrogen and oxygen atoms in total. The first kappa shape index (κ1) is 9.82. The number of imidazole rings is 1. The van der Waals surface area contributed by atoms with Crippen molar-refractivity contribution in [3.63, 3.8) is 0 Å². The van der Waals surface area contributed by atoms with Crippen molar-refractivity contribution < 1.29 is 0 Å². The Hall–Kier alpha value is -1.27. The van der Waals surface area contributed by atoms with E-state index >= 15 is 0 Å². The molecule has 13 heavy (non-hydrogen) atoms. The third-order valence-corrected chi connectivity index (χ3v) is 2.00. The van der Waals surface area contributed by atoms with Gasteiger partial charge < -0.3 is 9.88 Å². The molecule has 0 saturated heterocycles. The van der Waals surface area contributed by atoms with E-state index in [-0.39, 0.29) is 0 Å². The molecule has 1 N–H and O–H groups in total. The van der Waals surface area contributed by atoms with Crippen LogP contribution in [0.1, 0.15) is 18.8 Å². The molecule has 0 aliphatic heterocycles. The fourth-order valence-electron chi connectivity index (χ4n) is 1.31. The highest BCUT2D eigenvalue weighted by molar-refractivity contribution is 4.92. The normalized spacial score (nSPS) is 12.4. The van der Waals surface area contributed by atoms with Crippen molar-refractivity contribution in [3.05, 3.63) is 18.2 Å². The largest absolute Gasteiger partial charge is 0.331 e. The fourth-order valence-corrected chi connectivity index (χ4v) is 1.31. The number of aromatic nitrogens is 2. The molecule has 70 valence electrons. The standard InChI is InChI=1S/C10H15N3/c1-4-5-11-8-9(2)13-7-6-12-10(13)3/h1,6-7,9,11H,5,8H2,2-3H3. The van der Waals surface area contributed by atoms with Crippen molar-refractivity contribution in [3.8, 4) is 12.3 Å². The maximum absolute atomic E-state index is 5.13. The molecule has 1 heterocycles. The number of hydrogen-bond donors (Lipinski definition) is 1. The van der Waals surface area contributed by atoms with Gasteiger partial charge in [0.2, 0.25) is 0 Å². The molecule has 1 atom stereocenters. The second-order valence-corrected chi connectivity index (χ2v) is 3.07. The lowest BCUT2D eigenvalue weighted by Gasteiger charge is -2.14. The molecule has 0 spiro atoms. The molecule has 3 heteroatoms. The zero-order chi connectivity index (χ0) is 9.68. The van der Waals surface area contributed by atoms with E-state index in [1.165, 1.54) is 0 Å². The third kappa shape index (κ3) is 2.60. The third-order valence-electron chi connectivity index (χ3n) is 2.00. The molecular formula is C10H15N3. The molecule has 0 saturated carbocycles. The lowest BCUT2D eigenvalue weighted by Crippen LogP contribution is -2.24. The van der Waals surface area contributed by atoms with E-state index in [0.717, 1.165) is 12.4 Å². The van der Waals surface area contributed by atoms with Crippen molar-refractivity contribution in [1.82, 2.24) is 14.9 Å². The van der Waals surface area contributed by atoms with Crippen LogP contribution in [0, 0.1) is 19.3 Å². The predicted molar refractivity (Wildman–Crippen MR) is 53.4 cm³/mol. The topological polar surface area (TPSA) is 29.9 Å². The van der Waals surface area contributed by atoms with Crippen LogP contribution in [-0.2, 0) is 0 Å². The molecule has 1 rings (SSSR count). The molecule has 0 aliphatic carbocycles. The van der Waals surface area contributed by atoms with E-state index in [9.17, 15) is 0 Å². The first-order valence-electron chi connectivity index (χ1n) is 4.39. The highest BCUT2D eigenvalue weighted by Gasteiger charge is 2.04. The summed E-state index contributed by atoms with van der Waals surface area (Å²) in [6.07, 6.45) is 8.93. The summed E-state index contributed by atoms with van der Waals surface area (Å²) in [6, 6.07) is 0.399. The SMILES string of the molecule is C#CCNCC(C)n1ccnc1C. The smallest absolute Gasteiger partial charge is 0.105 e. The Morgan fingerprint density at radius 1 is 1.77 bits per heavy atom. The summed E-state index contributed by atoms with van der Waals surface area (Å²) in [5.74, 6) is 3.58. The Labute approximate surface area is 79.2 Å². The Kier molecular flexibility index (Phi) is 3.53. The highest BCUT2D eigenvalue weighted by Crippen LogP contribution is 2.06. The van der Waals surface area contributed by atoms with Crippen LogP contribution in [0.15, 0.2) is 12.4 Å². The average Bonchev–Trinajstić information content (AvgIpc) is 2.52. The van der Waals surface area contributed by atoms with Crippen molar-refractivity contribution >= 4 is 0 Å². The van der Waals surface area contributed by atoms with Crippen LogP contribution in [0.2, 0.25) is 0 Å². The maximum Gasteiger partial charge on any atom is 0.105 e. The molecular weight excluding hydrogens is 162 g/mol. The molecule has 0 radical (unpaired) electrons. The van der Waals surface area contributed by atoms with Gasteiger partial charge in [-0.25, -0.2) is 4.98 Å². The number of hydrogen-bond acceptors (Lipinski definition) is 2. The Morgan fingerprint density at radius 2 is 2.54 bits per heavy atom. The van der Waals surface area contributed by atoms with Crippen molar-refractivity contribution in [2.24, 2.45) is 0 Å². The molecule has 1 aromatic rings. The lowest BCUT2D eigenvalue weighted by atomic mass is 10.3. The molecule has 0 fully saturated rings. The first-order chi connectivity index (χ1) is 6.25. The van der Waals surface area contributed by atoms with Crippen LogP contribution < -0.4 is 5.32 Å². The van der Waals surface area contributed by atoms with Gasteiger partial charge in [-0.15, -0.1) is 6.42 Å². The lowest BCUT2D eigenvalue weighted by molar-refractivity contribution is 0.499. The van der Waals surface area contributed by atoms with E-state index in [1.807, 2.05) is 19.3 Å². The quantitative estimate of drug-likeness (QED) is 0.548. The molecule has 0 aromatic carbocycles. The number of rotatable bonds is 4. The minimum absolute atomic E-state index is 0.399. The van der Waals surface area contributed by atoms with Crippen LogP contribution in [0.4, 0.5) is 0 Å².